The van der Waals surface area contributed by atoms with Crippen LogP contribution in [0.15, 0.2) is 103 Å². The zero-order valence-corrected chi connectivity index (χ0v) is 15.3. The molecule has 1 aliphatic carbocycles. The van der Waals surface area contributed by atoms with Gasteiger partial charge in [0, 0.05) is 0 Å². The first-order valence-electron chi connectivity index (χ1n) is 9.48. The van der Waals surface area contributed by atoms with Crippen LogP contribution < -0.4 is 0 Å². The minimum Gasteiger partial charge on any atom is -0.389 e. The first-order chi connectivity index (χ1) is 13.3. The van der Waals surface area contributed by atoms with Crippen LogP contribution in [0, 0.1) is 0 Å². The molecule has 0 heterocycles. The van der Waals surface area contributed by atoms with E-state index in [1.807, 2.05) is 54.6 Å². The minimum atomic E-state index is -0.729. The quantitative estimate of drug-likeness (QED) is 0.493. The van der Waals surface area contributed by atoms with E-state index in [2.05, 4.69) is 42.5 Å². The van der Waals surface area contributed by atoms with Crippen molar-refractivity contribution >= 4 is 0 Å². The third kappa shape index (κ3) is 3.46. The van der Waals surface area contributed by atoms with Crippen LogP contribution in [0.1, 0.15) is 29.5 Å². The summed E-state index contributed by atoms with van der Waals surface area (Å²) in [7, 11) is 0. The standard InChI is InChI=1S/C25H24O2/c26-24-18-10-11-20(24)19-27-25(21-12-4-1-5-13-21,22-14-6-2-7-15-22)23-16-8-3-9-17-23/h1-9,11-17,24,26H,10,18-19H2/t24-/m0/s1. The predicted octanol–water partition coefficient (Wildman–Crippen LogP) is 5.08. The Balaban J connectivity index is 1.86. The summed E-state index contributed by atoms with van der Waals surface area (Å²) in [5.41, 5.74) is 3.48. The molecule has 3 aromatic carbocycles. The number of hydrogen-bond donors (Lipinski definition) is 1. The molecular formula is C25H24O2. The fourth-order valence-electron chi connectivity index (χ4n) is 3.86. The molecule has 27 heavy (non-hydrogen) atoms. The average Bonchev–Trinajstić information content (AvgIpc) is 3.16. The number of benzene rings is 3. The van der Waals surface area contributed by atoms with E-state index in [-0.39, 0.29) is 0 Å². The molecule has 0 fully saturated rings. The van der Waals surface area contributed by atoms with Crippen molar-refractivity contribution in [3.05, 3.63) is 119 Å². The fourth-order valence-corrected chi connectivity index (χ4v) is 3.86. The van der Waals surface area contributed by atoms with Crippen LogP contribution in [0.25, 0.3) is 0 Å². The molecule has 1 atom stereocenters. The van der Waals surface area contributed by atoms with Gasteiger partial charge in [-0.15, -0.1) is 0 Å². The Morgan fingerprint density at radius 3 is 1.56 bits per heavy atom. The molecule has 4 rings (SSSR count). The van der Waals surface area contributed by atoms with Crippen molar-refractivity contribution in [3.63, 3.8) is 0 Å². The summed E-state index contributed by atoms with van der Waals surface area (Å²) >= 11 is 0. The number of allylic oxidation sites excluding steroid dienone is 1. The molecule has 0 spiro atoms. The molecule has 0 aliphatic heterocycles. The molecule has 136 valence electrons. The number of aliphatic hydroxyl groups excluding tert-OH is 1. The second-order valence-corrected chi connectivity index (χ2v) is 6.94. The highest BCUT2D eigenvalue weighted by atomic mass is 16.5. The monoisotopic (exact) mass is 356 g/mol. The fraction of sp³-hybridized carbons (Fsp3) is 0.200. The van der Waals surface area contributed by atoms with Gasteiger partial charge in [0.2, 0.25) is 0 Å². The smallest absolute Gasteiger partial charge is 0.144 e. The average molecular weight is 356 g/mol. The molecule has 1 aliphatic rings. The van der Waals surface area contributed by atoms with Gasteiger partial charge in [0.25, 0.3) is 0 Å². The summed E-state index contributed by atoms with van der Waals surface area (Å²) in [5.74, 6) is 0. The number of rotatable bonds is 6. The van der Waals surface area contributed by atoms with E-state index in [9.17, 15) is 5.11 Å². The molecule has 3 aromatic rings. The third-order valence-corrected chi connectivity index (χ3v) is 5.27. The maximum absolute atomic E-state index is 10.2. The highest BCUT2D eigenvalue weighted by Crippen LogP contribution is 2.41. The van der Waals surface area contributed by atoms with Gasteiger partial charge >= 0.3 is 0 Å². The molecule has 0 bridgehead atoms. The molecular weight excluding hydrogens is 332 g/mol. The van der Waals surface area contributed by atoms with Crippen molar-refractivity contribution < 1.29 is 9.84 Å². The summed E-state index contributed by atoms with van der Waals surface area (Å²) in [6, 6.07) is 31.0. The Morgan fingerprint density at radius 2 is 1.19 bits per heavy atom. The van der Waals surface area contributed by atoms with E-state index < -0.39 is 11.7 Å². The highest BCUT2D eigenvalue weighted by Gasteiger charge is 2.38. The highest BCUT2D eigenvalue weighted by molar-refractivity contribution is 5.47. The second-order valence-electron chi connectivity index (χ2n) is 6.94. The van der Waals surface area contributed by atoms with E-state index in [1.54, 1.807) is 0 Å². The Morgan fingerprint density at radius 1 is 0.741 bits per heavy atom. The molecule has 1 N–H and O–H groups in total. The Kier molecular flexibility index (Phi) is 5.19. The van der Waals surface area contributed by atoms with Crippen molar-refractivity contribution in [2.24, 2.45) is 0 Å². The van der Waals surface area contributed by atoms with Crippen molar-refractivity contribution in [3.8, 4) is 0 Å². The third-order valence-electron chi connectivity index (χ3n) is 5.27. The van der Waals surface area contributed by atoms with E-state index in [0.29, 0.717) is 6.61 Å². The van der Waals surface area contributed by atoms with Gasteiger partial charge in [-0.1, -0.05) is 97.1 Å². The van der Waals surface area contributed by atoms with Gasteiger partial charge < -0.3 is 9.84 Å². The van der Waals surface area contributed by atoms with Gasteiger partial charge in [0.05, 0.1) is 12.7 Å². The predicted molar refractivity (Wildman–Crippen MR) is 108 cm³/mol. The molecule has 0 unspecified atom stereocenters. The molecule has 0 saturated heterocycles. The van der Waals surface area contributed by atoms with E-state index in [4.69, 9.17) is 4.74 Å². The SMILES string of the molecule is O[C@H]1CCC=C1COC(c1ccccc1)(c1ccccc1)c1ccccc1. The van der Waals surface area contributed by atoms with Crippen LogP contribution in [-0.4, -0.2) is 17.8 Å². The van der Waals surface area contributed by atoms with E-state index in [1.165, 1.54) is 0 Å². The van der Waals surface area contributed by atoms with Gasteiger partial charge in [-0.3, -0.25) is 0 Å². The van der Waals surface area contributed by atoms with E-state index in [0.717, 1.165) is 35.1 Å². The lowest BCUT2D eigenvalue weighted by Gasteiger charge is -2.36. The molecule has 2 nitrogen and oxygen atoms in total. The molecule has 0 aromatic heterocycles. The second kappa shape index (κ2) is 7.91. The number of aliphatic hydroxyl groups is 1. The first kappa shape index (κ1) is 17.7. The van der Waals surface area contributed by atoms with Crippen LogP contribution in [0.4, 0.5) is 0 Å². The lowest BCUT2D eigenvalue weighted by Crippen LogP contribution is -2.34. The van der Waals surface area contributed by atoms with Crippen LogP contribution in [-0.2, 0) is 10.3 Å². The maximum atomic E-state index is 10.2. The van der Waals surface area contributed by atoms with Crippen molar-refractivity contribution in [2.75, 3.05) is 6.61 Å². The number of hydrogen-bond acceptors (Lipinski definition) is 2. The normalized spacial score (nSPS) is 16.9. The summed E-state index contributed by atoms with van der Waals surface area (Å²) in [6.45, 7) is 0.403. The largest absolute Gasteiger partial charge is 0.389 e. The number of ether oxygens (including phenoxy) is 1. The lowest BCUT2D eigenvalue weighted by atomic mass is 9.80. The van der Waals surface area contributed by atoms with Gasteiger partial charge in [-0.05, 0) is 35.1 Å². The van der Waals surface area contributed by atoms with Crippen molar-refractivity contribution in [2.45, 2.75) is 24.5 Å². The summed E-state index contributed by atoms with van der Waals surface area (Å²) in [6.07, 6.45) is 3.41. The maximum Gasteiger partial charge on any atom is 0.144 e. The first-order valence-corrected chi connectivity index (χ1v) is 9.48. The molecule has 0 radical (unpaired) electrons. The summed E-state index contributed by atoms with van der Waals surface area (Å²) < 4.78 is 6.71. The Hall–Kier alpha value is -2.68. The minimum absolute atomic E-state index is 0.398. The molecule has 0 amide bonds. The lowest BCUT2D eigenvalue weighted by molar-refractivity contribution is 0.0200. The Labute approximate surface area is 160 Å². The van der Waals surface area contributed by atoms with Crippen LogP contribution in [0.2, 0.25) is 0 Å². The van der Waals surface area contributed by atoms with Gasteiger partial charge in [-0.2, -0.15) is 0 Å². The van der Waals surface area contributed by atoms with E-state index >= 15 is 0 Å². The summed E-state index contributed by atoms with van der Waals surface area (Å²) in [5, 5.41) is 10.2. The van der Waals surface area contributed by atoms with Crippen LogP contribution >= 0.6 is 0 Å². The Bertz CT molecular complexity index is 789. The molecule has 2 heteroatoms. The van der Waals surface area contributed by atoms with Crippen LogP contribution in [0.5, 0.6) is 0 Å². The molecule has 0 saturated carbocycles. The zero-order chi connectivity index (χ0) is 18.5. The van der Waals surface area contributed by atoms with Crippen molar-refractivity contribution in [1.82, 2.24) is 0 Å². The van der Waals surface area contributed by atoms with Crippen molar-refractivity contribution in [1.29, 1.82) is 0 Å². The van der Waals surface area contributed by atoms with Gasteiger partial charge in [-0.25, -0.2) is 0 Å². The summed E-state index contributed by atoms with van der Waals surface area (Å²) in [4.78, 5) is 0. The topological polar surface area (TPSA) is 29.5 Å². The van der Waals surface area contributed by atoms with Crippen LogP contribution in [0.3, 0.4) is 0 Å². The van der Waals surface area contributed by atoms with Gasteiger partial charge in [0.1, 0.15) is 5.60 Å². The zero-order valence-electron chi connectivity index (χ0n) is 15.3. The van der Waals surface area contributed by atoms with Gasteiger partial charge in [0.15, 0.2) is 0 Å².